The molecule has 1 rings (SSSR count). The molecule has 1 aromatic rings. The van der Waals surface area contributed by atoms with Crippen LogP contribution in [0.3, 0.4) is 0 Å². The van der Waals surface area contributed by atoms with Crippen LogP contribution in [0.2, 0.25) is 0 Å². The number of benzene rings is 1. The standard InChI is InChI=1S/C14H23NO/c1-14(2,3)15-10-7-11-16-12-13-8-5-4-6-9-13/h4-6,8-9,15H,7,10-12H2,1-3H3. The summed E-state index contributed by atoms with van der Waals surface area (Å²) in [5.41, 5.74) is 1.45. The van der Waals surface area contributed by atoms with Crippen molar-refractivity contribution in [2.24, 2.45) is 0 Å². The topological polar surface area (TPSA) is 21.3 Å². The molecule has 1 aromatic carbocycles. The largest absolute Gasteiger partial charge is 0.377 e. The van der Waals surface area contributed by atoms with Gasteiger partial charge in [0.2, 0.25) is 0 Å². The molecule has 0 spiro atoms. The fraction of sp³-hybridized carbons (Fsp3) is 0.571. The molecule has 0 aliphatic rings. The van der Waals surface area contributed by atoms with Crippen LogP contribution in [0.25, 0.3) is 0 Å². The van der Waals surface area contributed by atoms with Crippen molar-refractivity contribution in [1.82, 2.24) is 5.32 Å². The Morgan fingerprint density at radius 1 is 1.12 bits per heavy atom. The van der Waals surface area contributed by atoms with Crippen LogP contribution in [0.4, 0.5) is 0 Å². The summed E-state index contributed by atoms with van der Waals surface area (Å²) in [6.07, 6.45) is 1.06. The van der Waals surface area contributed by atoms with Crippen LogP contribution in [0, 0.1) is 0 Å². The summed E-state index contributed by atoms with van der Waals surface area (Å²) in [5.74, 6) is 0. The highest BCUT2D eigenvalue weighted by atomic mass is 16.5. The monoisotopic (exact) mass is 221 g/mol. The minimum Gasteiger partial charge on any atom is -0.377 e. The molecular formula is C14H23NO. The van der Waals surface area contributed by atoms with Crippen LogP contribution in [0.1, 0.15) is 32.8 Å². The van der Waals surface area contributed by atoms with Gasteiger partial charge in [0.1, 0.15) is 0 Å². The highest BCUT2D eigenvalue weighted by Gasteiger charge is 2.06. The first-order valence-corrected chi connectivity index (χ1v) is 5.95. The van der Waals surface area contributed by atoms with Gasteiger partial charge in [-0.05, 0) is 39.3 Å². The van der Waals surface area contributed by atoms with Crippen LogP contribution in [0.15, 0.2) is 30.3 Å². The van der Waals surface area contributed by atoms with Gasteiger partial charge in [0.15, 0.2) is 0 Å². The molecule has 0 aromatic heterocycles. The second kappa shape index (κ2) is 6.66. The number of hydrogen-bond acceptors (Lipinski definition) is 2. The number of ether oxygens (including phenoxy) is 1. The third-order valence-electron chi connectivity index (χ3n) is 2.23. The van der Waals surface area contributed by atoms with Crippen molar-refractivity contribution in [3.05, 3.63) is 35.9 Å². The van der Waals surface area contributed by atoms with Crippen molar-refractivity contribution >= 4 is 0 Å². The average molecular weight is 221 g/mol. The lowest BCUT2D eigenvalue weighted by Gasteiger charge is -2.20. The molecule has 0 aliphatic heterocycles. The maximum atomic E-state index is 5.59. The van der Waals surface area contributed by atoms with Gasteiger partial charge in [-0.3, -0.25) is 0 Å². The van der Waals surface area contributed by atoms with Gasteiger partial charge in [-0.25, -0.2) is 0 Å². The Morgan fingerprint density at radius 3 is 2.44 bits per heavy atom. The van der Waals surface area contributed by atoms with Gasteiger partial charge in [-0.2, -0.15) is 0 Å². The Bertz CT molecular complexity index is 277. The summed E-state index contributed by atoms with van der Waals surface area (Å²) in [4.78, 5) is 0. The molecule has 0 atom stereocenters. The van der Waals surface area contributed by atoms with Crippen molar-refractivity contribution in [3.8, 4) is 0 Å². The molecule has 0 saturated carbocycles. The van der Waals surface area contributed by atoms with Gasteiger partial charge in [0.05, 0.1) is 6.61 Å². The van der Waals surface area contributed by atoms with Crippen LogP contribution in [0.5, 0.6) is 0 Å². The Kier molecular flexibility index (Phi) is 5.50. The molecule has 0 amide bonds. The van der Waals surface area contributed by atoms with E-state index in [2.05, 4.69) is 38.2 Å². The third kappa shape index (κ3) is 6.59. The highest BCUT2D eigenvalue weighted by molar-refractivity contribution is 5.13. The Labute approximate surface area is 99.0 Å². The van der Waals surface area contributed by atoms with Crippen LogP contribution in [-0.4, -0.2) is 18.7 Å². The van der Waals surface area contributed by atoms with Gasteiger partial charge < -0.3 is 10.1 Å². The number of rotatable bonds is 6. The molecule has 0 aliphatic carbocycles. The van der Waals surface area contributed by atoms with E-state index >= 15 is 0 Å². The van der Waals surface area contributed by atoms with Gasteiger partial charge >= 0.3 is 0 Å². The maximum Gasteiger partial charge on any atom is 0.0716 e. The third-order valence-corrected chi connectivity index (χ3v) is 2.23. The predicted octanol–water partition coefficient (Wildman–Crippen LogP) is 2.98. The molecule has 90 valence electrons. The SMILES string of the molecule is CC(C)(C)NCCCOCc1ccccc1. The van der Waals surface area contributed by atoms with Gasteiger partial charge in [0.25, 0.3) is 0 Å². The van der Waals surface area contributed by atoms with Crippen molar-refractivity contribution in [2.45, 2.75) is 39.3 Å². The minimum absolute atomic E-state index is 0.208. The van der Waals surface area contributed by atoms with E-state index in [9.17, 15) is 0 Å². The van der Waals surface area contributed by atoms with E-state index in [4.69, 9.17) is 4.74 Å². The van der Waals surface area contributed by atoms with Crippen molar-refractivity contribution in [2.75, 3.05) is 13.2 Å². The zero-order valence-electron chi connectivity index (χ0n) is 10.6. The summed E-state index contributed by atoms with van der Waals surface area (Å²) >= 11 is 0. The molecule has 16 heavy (non-hydrogen) atoms. The van der Waals surface area contributed by atoms with E-state index in [0.29, 0.717) is 0 Å². The average Bonchev–Trinajstić information content (AvgIpc) is 2.23. The Balaban J connectivity index is 2.01. The molecule has 0 unspecified atom stereocenters. The fourth-order valence-corrected chi connectivity index (χ4v) is 1.40. The van der Waals surface area contributed by atoms with E-state index in [1.54, 1.807) is 0 Å². The molecule has 0 bridgehead atoms. The van der Waals surface area contributed by atoms with Crippen LogP contribution >= 0.6 is 0 Å². The molecule has 0 fully saturated rings. The summed E-state index contributed by atoms with van der Waals surface area (Å²) in [7, 11) is 0. The first kappa shape index (κ1) is 13.2. The quantitative estimate of drug-likeness (QED) is 0.746. The van der Waals surface area contributed by atoms with Crippen LogP contribution in [-0.2, 0) is 11.3 Å². The maximum absolute atomic E-state index is 5.59. The summed E-state index contributed by atoms with van der Waals surface area (Å²) in [6, 6.07) is 10.3. The fourth-order valence-electron chi connectivity index (χ4n) is 1.40. The van der Waals surface area contributed by atoms with Crippen LogP contribution < -0.4 is 5.32 Å². The van der Waals surface area contributed by atoms with Crippen molar-refractivity contribution in [1.29, 1.82) is 0 Å². The molecular weight excluding hydrogens is 198 g/mol. The highest BCUT2D eigenvalue weighted by Crippen LogP contribution is 2.01. The van der Waals surface area contributed by atoms with E-state index in [-0.39, 0.29) is 5.54 Å². The lowest BCUT2D eigenvalue weighted by atomic mass is 10.1. The van der Waals surface area contributed by atoms with Gasteiger partial charge in [0, 0.05) is 12.1 Å². The number of nitrogens with one attached hydrogen (secondary N) is 1. The second-order valence-electron chi connectivity index (χ2n) is 5.07. The molecule has 0 heterocycles. The second-order valence-corrected chi connectivity index (χ2v) is 5.07. The van der Waals surface area contributed by atoms with E-state index in [0.717, 1.165) is 26.2 Å². The van der Waals surface area contributed by atoms with Crippen molar-refractivity contribution in [3.63, 3.8) is 0 Å². The molecule has 2 heteroatoms. The van der Waals surface area contributed by atoms with E-state index in [1.165, 1.54) is 5.56 Å². The van der Waals surface area contributed by atoms with E-state index < -0.39 is 0 Å². The Morgan fingerprint density at radius 2 is 1.81 bits per heavy atom. The lowest BCUT2D eigenvalue weighted by molar-refractivity contribution is 0.117. The smallest absolute Gasteiger partial charge is 0.0716 e. The molecule has 2 nitrogen and oxygen atoms in total. The van der Waals surface area contributed by atoms with Gasteiger partial charge in [-0.1, -0.05) is 30.3 Å². The molecule has 0 radical (unpaired) electrons. The zero-order chi connectivity index (χ0) is 11.9. The zero-order valence-corrected chi connectivity index (χ0v) is 10.6. The number of hydrogen-bond donors (Lipinski definition) is 1. The first-order chi connectivity index (χ1) is 7.58. The van der Waals surface area contributed by atoms with Crippen molar-refractivity contribution < 1.29 is 4.74 Å². The normalized spacial score (nSPS) is 11.7. The molecule has 1 N–H and O–H groups in total. The summed E-state index contributed by atoms with van der Waals surface area (Å²) in [5, 5.41) is 3.44. The molecule has 0 saturated heterocycles. The summed E-state index contributed by atoms with van der Waals surface area (Å²) < 4.78 is 5.59. The van der Waals surface area contributed by atoms with Gasteiger partial charge in [-0.15, -0.1) is 0 Å². The Hall–Kier alpha value is -0.860. The predicted molar refractivity (Wildman–Crippen MR) is 68.5 cm³/mol. The first-order valence-electron chi connectivity index (χ1n) is 5.95. The lowest BCUT2D eigenvalue weighted by Crippen LogP contribution is -2.36. The van der Waals surface area contributed by atoms with E-state index in [1.807, 2.05) is 18.2 Å². The summed E-state index contributed by atoms with van der Waals surface area (Å²) in [6.45, 7) is 9.08. The minimum atomic E-state index is 0.208.